The molecule has 1 amide bonds. The summed E-state index contributed by atoms with van der Waals surface area (Å²) >= 11 is 0. The van der Waals surface area contributed by atoms with Crippen molar-refractivity contribution < 1.29 is 32.7 Å². The van der Waals surface area contributed by atoms with Crippen molar-refractivity contribution >= 4 is 6.09 Å². The van der Waals surface area contributed by atoms with E-state index in [0.29, 0.717) is 0 Å². The lowest BCUT2D eigenvalue weighted by Crippen LogP contribution is -2.64. The van der Waals surface area contributed by atoms with Crippen molar-refractivity contribution in [1.82, 2.24) is 4.90 Å². The van der Waals surface area contributed by atoms with Crippen LogP contribution in [0.5, 0.6) is 0 Å². The molecule has 2 atom stereocenters. The molecule has 1 aliphatic heterocycles. The molecular weight excluding hydrogens is 309 g/mol. The molecule has 128 valence electrons. The van der Waals surface area contributed by atoms with Crippen LogP contribution in [0.25, 0.3) is 0 Å². The van der Waals surface area contributed by atoms with E-state index in [1.807, 2.05) is 0 Å². The Morgan fingerprint density at radius 3 is 2.36 bits per heavy atom. The number of piperidine rings is 1. The Hall–Kier alpha value is -1.58. The smallest absolute Gasteiger partial charge is 0.421 e. The zero-order valence-corrected chi connectivity index (χ0v) is 12.5. The van der Waals surface area contributed by atoms with E-state index < -0.39 is 47.4 Å². The van der Waals surface area contributed by atoms with Crippen LogP contribution in [0, 0.1) is 10.1 Å². The summed E-state index contributed by atoms with van der Waals surface area (Å²) in [4.78, 5) is 22.8. The minimum absolute atomic E-state index is 0.0344. The van der Waals surface area contributed by atoms with Crippen molar-refractivity contribution in [3.8, 4) is 0 Å². The topological polar surface area (TPSA) is 92.9 Å². The maximum atomic E-state index is 12.7. The Morgan fingerprint density at radius 1 is 1.41 bits per heavy atom. The summed E-state index contributed by atoms with van der Waals surface area (Å²) in [6, 6.07) is 0. The second-order valence-electron chi connectivity index (χ2n) is 6.31. The van der Waals surface area contributed by atoms with Gasteiger partial charge in [-0.05, 0) is 27.2 Å². The number of hydrogen-bond acceptors (Lipinski definition) is 5. The van der Waals surface area contributed by atoms with Gasteiger partial charge in [0.15, 0.2) is 0 Å². The minimum Gasteiger partial charge on any atom is -0.444 e. The number of ether oxygens (including phenoxy) is 1. The van der Waals surface area contributed by atoms with Gasteiger partial charge in [-0.3, -0.25) is 10.1 Å². The number of alkyl halides is 3. The number of halogens is 3. The van der Waals surface area contributed by atoms with E-state index in [9.17, 15) is 33.2 Å². The molecule has 22 heavy (non-hydrogen) atoms. The second kappa shape index (κ2) is 5.90. The first-order valence-electron chi connectivity index (χ1n) is 6.67. The molecule has 0 aliphatic carbocycles. The fraction of sp³-hybridized carbons (Fsp3) is 0.917. The van der Waals surface area contributed by atoms with Crippen molar-refractivity contribution in [2.45, 2.75) is 57.0 Å². The number of aliphatic hydroxyl groups is 1. The van der Waals surface area contributed by atoms with Crippen LogP contribution in [-0.2, 0) is 4.74 Å². The van der Waals surface area contributed by atoms with Crippen molar-refractivity contribution in [3.63, 3.8) is 0 Å². The molecule has 0 aromatic rings. The molecule has 0 saturated carbocycles. The highest BCUT2D eigenvalue weighted by molar-refractivity contribution is 5.68. The summed E-state index contributed by atoms with van der Waals surface area (Å²) in [6.07, 6.45) is -9.75. The number of hydrogen-bond donors (Lipinski definition) is 1. The third-order valence-electron chi connectivity index (χ3n) is 3.34. The zero-order chi connectivity index (χ0) is 17.3. The van der Waals surface area contributed by atoms with E-state index in [1.165, 1.54) is 0 Å². The van der Waals surface area contributed by atoms with Gasteiger partial charge in [-0.1, -0.05) is 0 Å². The average Bonchev–Trinajstić information content (AvgIpc) is 2.34. The number of aliphatic hydroxyl groups excluding tert-OH is 1. The Kier molecular flexibility index (Phi) is 4.95. The molecule has 0 bridgehead atoms. The Balaban J connectivity index is 3.02. The lowest BCUT2D eigenvalue weighted by Gasteiger charge is -2.39. The van der Waals surface area contributed by atoms with Gasteiger partial charge in [-0.15, -0.1) is 0 Å². The van der Waals surface area contributed by atoms with Gasteiger partial charge >= 0.3 is 12.3 Å². The molecule has 1 aliphatic rings. The zero-order valence-electron chi connectivity index (χ0n) is 12.5. The SMILES string of the molecule is CC(C)(C)OC(=O)N1CCCC(C(O)C(F)(F)F)([N+](=O)[O-])C1. The quantitative estimate of drug-likeness (QED) is 0.618. The van der Waals surface area contributed by atoms with Gasteiger partial charge in [-0.25, -0.2) is 4.79 Å². The third-order valence-corrected chi connectivity index (χ3v) is 3.34. The standard InChI is InChI=1S/C12H19F3N2O5/c1-10(2,3)22-9(19)16-6-4-5-11(7-16,17(20)21)8(18)12(13,14)15/h8,18H,4-7H2,1-3H3. The highest BCUT2D eigenvalue weighted by atomic mass is 19.4. The molecule has 0 spiro atoms. The summed E-state index contributed by atoms with van der Waals surface area (Å²) in [5.41, 5.74) is -3.55. The molecule has 1 fully saturated rings. The van der Waals surface area contributed by atoms with Crippen LogP contribution in [0.15, 0.2) is 0 Å². The van der Waals surface area contributed by atoms with Crippen LogP contribution in [-0.4, -0.2) is 57.5 Å². The Morgan fingerprint density at radius 2 is 1.95 bits per heavy atom. The first-order valence-corrected chi connectivity index (χ1v) is 6.67. The molecule has 0 aromatic heterocycles. The fourth-order valence-corrected chi connectivity index (χ4v) is 2.32. The lowest BCUT2D eigenvalue weighted by molar-refractivity contribution is -0.596. The van der Waals surface area contributed by atoms with Gasteiger partial charge in [-0.2, -0.15) is 13.2 Å². The highest BCUT2D eigenvalue weighted by Gasteiger charge is 2.63. The molecule has 0 radical (unpaired) electrons. The van der Waals surface area contributed by atoms with Gasteiger partial charge in [0.05, 0.1) is 6.54 Å². The summed E-state index contributed by atoms with van der Waals surface area (Å²) < 4.78 is 43.3. The maximum absolute atomic E-state index is 12.7. The number of likely N-dealkylation sites (tertiary alicyclic amines) is 1. The van der Waals surface area contributed by atoms with Crippen molar-refractivity contribution in [1.29, 1.82) is 0 Å². The monoisotopic (exact) mass is 328 g/mol. The molecule has 7 nitrogen and oxygen atoms in total. The molecule has 1 heterocycles. The Bertz CT molecular complexity index is 449. The molecule has 1 rings (SSSR count). The maximum Gasteiger partial charge on any atom is 0.421 e. The van der Waals surface area contributed by atoms with Crippen LogP contribution in [0.4, 0.5) is 18.0 Å². The van der Waals surface area contributed by atoms with Crippen molar-refractivity contribution in [2.24, 2.45) is 0 Å². The molecule has 10 heteroatoms. The van der Waals surface area contributed by atoms with Crippen LogP contribution >= 0.6 is 0 Å². The van der Waals surface area contributed by atoms with Crippen molar-refractivity contribution in [2.75, 3.05) is 13.1 Å². The van der Waals surface area contributed by atoms with Gasteiger partial charge < -0.3 is 14.7 Å². The summed E-state index contributed by atoms with van der Waals surface area (Å²) in [5, 5.41) is 20.6. The molecule has 1 N–H and O–H groups in total. The van der Waals surface area contributed by atoms with E-state index in [-0.39, 0.29) is 13.0 Å². The summed E-state index contributed by atoms with van der Waals surface area (Å²) in [5.74, 6) is 0. The summed E-state index contributed by atoms with van der Waals surface area (Å²) in [6.45, 7) is 3.89. The lowest BCUT2D eigenvalue weighted by atomic mass is 9.84. The summed E-state index contributed by atoms with van der Waals surface area (Å²) in [7, 11) is 0. The second-order valence-corrected chi connectivity index (χ2v) is 6.31. The van der Waals surface area contributed by atoms with E-state index in [2.05, 4.69) is 0 Å². The molecule has 0 aromatic carbocycles. The molecule has 1 saturated heterocycles. The number of amides is 1. The van der Waals surface area contributed by atoms with Crippen molar-refractivity contribution in [3.05, 3.63) is 10.1 Å². The molecular formula is C12H19F3N2O5. The van der Waals surface area contributed by atoms with Gasteiger partial charge in [0.1, 0.15) is 5.60 Å². The van der Waals surface area contributed by atoms with Gasteiger partial charge in [0, 0.05) is 17.9 Å². The predicted molar refractivity (Wildman–Crippen MR) is 68.8 cm³/mol. The van der Waals surface area contributed by atoms with E-state index >= 15 is 0 Å². The highest BCUT2D eigenvalue weighted by Crippen LogP contribution is 2.36. The van der Waals surface area contributed by atoms with Crippen LogP contribution in [0.2, 0.25) is 0 Å². The minimum atomic E-state index is -5.15. The van der Waals surface area contributed by atoms with Gasteiger partial charge in [0.2, 0.25) is 6.10 Å². The number of carbonyl (C=O) groups is 1. The first-order chi connectivity index (χ1) is 9.79. The van der Waals surface area contributed by atoms with E-state index in [0.717, 1.165) is 4.90 Å². The van der Waals surface area contributed by atoms with Gasteiger partial charge in [0.25, 0.3) is 5.54 Å². The van der Waals surface area contributed by atoms with Crippen LogP contribution < -0.4 is 0 Å². The number of nitrogens with zero attached hydrogens (tertiary/aromatic N) is 2. The van der Waals surface area contributed by atoms with Crippen LogP contribution in [0.3, 0.4) is 0 Å². The predicted octanol–water partition coefficient (Wildman–Crippen LogP) is 1.96. The van der Waals surface area contributed by atoms with Crippen LogP contribution in [0.1, 0.15) is 33.6 Å². The normalized spacial score (nSPS) is 24.8. The number of carbonyl (C=O) groups excluding carboxylic acids is 1. The third kappa shape index (κ3) is 3.99. The average molecular weight is 328 g/mol. The number of rotatable bonds is 2. The van der Waals surface area contributed by atoms with E-state index in [4.69, 9.17) is 4.74 Å². The largest absolute Gasteiger partial charge is 0.444 e. The fourth-order valence-electron chi connectivity index (χ4n) is 2.32. The number of nitro groups is 1. The first kappa shape index (κ1) is 18.5. The molecule has 2 unspecified atom stereocenters. The van der Waals surface area contributed by atoms with E-state index in [1.54, 1.807) is 20.8 Å². The Labute approximate surface area is 125 Å².